The van der Waals surface area contributed by atoms with E-state index in [2.05, 4.69) is 5.32 Å². The Kier molecular flexibility index (Phi) is 3.28. The van der Waals surface area contributed by atoms with E-state index >= 15 is 0 Å². The Morgan fingerprint density at radius 1 is 1.64 bits per heavy atom. The standard InChI is InChI=1S/C9H10FNO3/c1-14-8-3-2-6(4-7(8)10)11-5-9(12)13/h2-4,11H,5H2,1H3,(H,12,13). The molecule has 2 N–H and O–H groups in total. The molecule has 0 saturated heterocycles. The van der Waals surface area contributed by atoms with Gasteiger partial charge in [-0.25, -0.2) is 4.39 Å². The van der Waals surface area contributed by atoms with Crippen molar-refractivity contribution < 1.29 is 19.0 Å². The maximum Gasteiger partial charge on any atom is 0.322 e. The van der Waals surface area contributed by atoms with Gasteiger partial charge < -0.3 is 15.2 Å². The zero-order valence-electron chi connectivity index (χ0n) is 7.58. The summed E-state index contributed by atoms with van der Waals surface area (Å²) < 4.78 is 17.8. The summed E-state index contributed by atoms with van der Waals surface area (Å²) in [6.45, 7) is -0.244. The van der Waals surface area contributed by atoms with Crippen molar-refractivity contribution in [2.24, 2.45) is 0 Å². The number of ether oxygens (including phenoxy) is 1. The van der Waals surface area contributed by atoms with Crippen LogP contribution in [0, 0.1) is 5.82 Å². The number of hydrogen-bond acceptors (Lipinski definition) is 3. The van der Waals surface area contributed by atoms with Crippen molar-refractivity contribution in [1.82, 2.24) is 0 Å². The summed E-state index contributed by atoms with van der Waals surface area (Å²) in [5.74, 6) is -1.39. The Balaban J connectivity index is 2.71. The van der Waals surface area contributed by atoms with Crippen LogP contribution in [0.1, 0.15) is 0 Å². The third-order valence-electron chi connectivity index (χ3n) is 1.60. The van der Waals surface area contributed by atoms with Crippen LogP contribution in [0.4, 0.5) is 10.1 Å². The zero-order valence-corrected chi connectivity index (χ0v) is 7.58. The zero-order chi connectivity index (χ0) is 10.6. The first-order valence-electron chi connectivity index (χ1n) is 3.92. The van der Waals surface area contributed by atoms with E-state index in [0.29, 0.717) is 5.69 Å². The Morgan fingerprint density at radius 2 is 2.36 bits per heavy atom. The van der Waals surface area contributed by atoms with Gasteiger partial charge in [0.05, 0.1) is 7.11 Å². The molecule has 76 valence electrons. The Morgan fingerprint density at radius 3 is 2.86 bits per heavy atom. The Labute approximate surface area is 80.3 Å². The molecule has 0 aliphatic heterocycles. The molecule has 1 rings (SSSR count). The molecule has 1 aromatic carbocycles. The van der Waals surface area contributed by atoms with Gasteiger partial charge in [0.2, 0.25) is 0 Å². The molecule has 14 heavy (non-hydrogen) atoms. The van der Waals surface area contributed by atoms with Gasteiger partial charge in [0.1, 0.15) is 6.54 Å². The molecule has 0 unspecified atom stereocenters. The maximum atomic E-state index is 13.1. The van der Waals surface area contributed by atoms with Gasteiger partial charge in [-0.2, -0.15) is 0 Å². The SMILES string of the molecule is COc1ccc(NCC(=O)O)cc1F. The fraction of sp³-hybridized carbons (Fsp3) is 0.222. The van der Waals surface area contributed by atoms with Crippen LogP contribution in [0.25, 0.3) is 0 Å². The number of halogens is 1. The summed E-state index contributed by atoms with van der Waals surface area (Å²) in [6.07, 6.45) is 0. The van der Waals surface area contributed by atoms with Gasteiger partial charge in [0.25, 0.3) is 0 Å². The van der Waals surface area contributed by atoms with Crippen molar-refractivity contribution in [3.63, 3.8) is 0 Å². The molecule has 0 spiro atoms. The summed E-state index contributed by atoms with van der Waals surface area (Å²) in [5, 5.41) is 10.9. The van der Waals surface area contributed by atoms with Crippen molar-refractivity contribution in [3.8, 4) is 5.75 Å². The highest BCUT2D eigenvalue weighted by Crippen LogP contribution is 2.20. The normalized spacial score (nSPS) is 9.57. The second kappa shape index (κ2) is 4.45. The summed E-state index contributed by atoms with van der Waals surface area (Å²) in [7, 11) is 1.36. The molecule has 0 saturated carbocycles. The van der Waals surface area contributed by atoms with Crippen LogP contribution in [0.5, 0.6) is 5.75 Å². The monoisotopic (exact) mass is 199 g/mol. The van der Waals surface area contributed by atoms with E-state index in [-0.39, 0.29) is 12.3 Å². The number of carboxylic acid groups (broad SMARTS) is 1. The van der Waals surface area contributed by atoms with Crippen molar-refractivity contribution in [3.05, 3.63) is 24.0 Å². The summed E-state index contributed by atoms with van der Waals surface area (Å²) in [4.78, 5) is 10.2. The van der Waals surface area contributed by atoms with Crippen LogP contribution >= 0.6 is 0 Å². The number of carbonyl (C=O) groups is 1. The lowest BCUT2D eigenvalue weighted by Crippen LogP contribution is -2.12. The highest BCUT2D eigenvalue weighted by atomic mass is 19.1. The fourth-order valence-corrected chi connectivity index (χ4v) is 0.954. The highest BCUT2D eigenvalue weighted by Gasteiger charge is 2.03. The lowest BCUT2D eigenvalue weighted by Gasteiger charge is -2.05. The molecule has 0 aliphatic carbocycles. The average molecular weight is 199 g/mol. The lowest BCUT2D eigenvalue weighted by molar-refractivity contribution is -0.134. The molecular formula is C9H10FNO3. The van der Waals surface area contributed by atoms with Gasteiger partial charge in [-0.05, 0) is 12.1 Å². The summed E-state index contributed by atoms with van der Waals surface area (Å²) in [6, 6.07) is 4.16. The average Bonchev–Trinajstić information content (AvgIpc) is 2.15. The minimum atomic E-state index is -0.999. The van der Waals surface area contributed by atoms with E-state index in [1.165, 1.54) is 19.2 Å². The predicted molar refractivity (Wildman–Crippen MR) is 49.1 cm³/mol. The highest BCUT2D eigenvalue weighted by molar-refractivity contribution is 5.72. The van der Waals surface area contributed by atoms with Crippen LogP contribution in [0.3, 0.4) is 0 Å². The van der Waals surface area contributed by atoms with Gasteiger partial charge in [0, 0.05) is 11.8 Å². The first kappa shape index (κ1) is 10.3. The quantitative estimate of drug-likeness (QED) is 0.768. The molecule has 0 bridgehead atoms. The fourth-order valence-electron chi connectivity index (χ4n) is 0.954. The number of rotatable bonds is 4. The van der Waals surface area contributed by atoms with Crippen molar-refractivity contribution >= 4 is 11.7 Å². The van der Waals surface area contributed by atoms with Crippen LogP contribution < -0.4 is 10.1 Å². The smallest absolute Gasteiger partial charge is 0.322 e. The van der Waals surface area contributed by atoms with E-state index in [1.54, 1.807) is 6.07 Å². The van der Waals surface area contributed by atoms with E-state index in [9.17, 15) is 9.18 Å². The largest absolute Gasteiger partial charge is 0.494 e. The number of anilines is 1. The second-order valence-electron chi connectivity index (χ2n) is 2.60. The van der Waals surface area contributed by atoms with E-state index < -0.39 is 11.8 Å². The minimum absolute atomic E-state index is 0.130. The Hall–Kier alpha value is -1.78. The van der Waals surface area contributed by atoms with Gasteiger partial charge in [-0.1, -0.05) is 0 Å². The van der Waals surface area contributed by atoms with Gasteiger partial charge in [-0.15, -0.1) is 0 Å². The molecule has 0 aliphatic rings. The molecule has 0 amide bonds. The molecule has 1 aromatic rings. The third-order valence-corrected chi connectivity index (χ3v) is 1.60. The van der Waals surface area contributed by atoms with Gasteiger partial charge >= 0.3 is 5.97 Å². The van der Waals surface area contributed by atoms with Crippen molar-refractivity contribution in [2.45, 2.75) is 0 Å². The summed E-state index contributed by atoms with van der Waals surface area (Å²) in [5.41, 5.74) is 0.408. The topological polar surface area (TPSA) is 58.6 Å². The van der Waals surface area contributed by atoms with Crippen molar-refractivity contribution in [2.75, 3.05) is 19.0 Å². The van der Waals surface area contributed by atoms with Crippen LogP contribution in [-0.4, -0.2) is 24.7 Å². The molecule has 5 heteroatoms. The van der Waals surface area contributed by atoms with Gasteiger partial charge in [-0.3, -0.25) is 4.79 Å². The second-order valence-corrected chi connectivity index (χ2v) is 2.60. The molecule has 0 radical (unpaired) electrons. The Bertz CT molecular complexity index is 341. The first-order chi connectivity index (χ1) is 6.63. The van der Waals surface area contributed by atoms with Crippen molar-refractivity contribution in [1.29, 1.82) is 0 Å². The molecule has 0 atom stereocenters. The number of aliphatic carboxylic acids is 1. The predicted octanol–water partition coefficient (Wildman–Crippen LogP) is 1.33. The molecule has 0 fully saturated rings. The number of benzene rings is 1. The van der Waals surface area contributed by atoms with Gasteiger partial charge in [0.15, 0.2) is 11.6 Å². The van der Waals surface area contributed by atoms with E-state index in [1.807, 2.05) is 0 Å². The number of carboxylic acids is 1. The third kappa shape index (κ3) is 2.62. The molecule has 0 aromatic heterocycles. The summed E-state index contributed by atoms with van der Waals surface area (Å²) >= 11 is 0. The van der Waals surface area contributed by atoms with Crippen LogP contribution in [0.15, 0.2) is 18.2 Å². The number of hydrogen-bond donors (Lipinski definition) is 2. The molecule has 0 heterocycles. The maximum absolute atomic E-state index is 13.1. The number of methoxy groups -OCH3 is 1. The lowest BCUT2D eigenvalue weighted by atomic mass is 10.3. The number of nitrogens with one attached hydrogen (secondary N) is 1. The minimum Gasteiger partial charge on any atom is -0.494 e. The van der Waals surface area contributed by atoms with E-state index in [4.69, 9.17) is 9.84 Å². The first-order valence-corrected chi connectivity index (χ1v) is 3.92. The molecular weight excluding hydrogens is 189 g/mol. The molecule has 4 nitrogen and oxygen atoms in total. The van der Waals surface area contributed by atoms with Crippen LogP contribution in [-0.2, 0) is 4.79 Å². The van der Waals surface area contributed by atoms with Crippen LogP contribution in [0.2, 0.25) is 0 Å². The van der Waals surface area contributed by atoms with E-state index in [0.717, 1.165) is 0 Å².